The van der Waals surface area contributed by atoms with Gasteiger partial charge in [0.15, 0.2) is 5.79 Å². The second-order valence-corrected chi connectivity index (χ2v) is 8.23. The molecule has 1 aliphatic carbocycles. The molecule has 0 bridgehead atoms. The Morgan fingerprint density at radius 3 is 2.43 bits per heavy atom. The molecule has 0 aromatic rings. The third-order valence-electron chi connectivity index (χ3n) is 5.24. The third-order valence-corrected chi connectivity index (χ3v) is 5.24. The van der Waals surface area contributed by atoms with Gasteiger partial charge in [0.1, 0.15) is 6.23 Å². The van der Waals surface area contributed by atoms with Crippen LogP contribution >= 0.6 is 0 Å². The van der Waals surface area contributed by atoms with Gasteiger partial charge in [-0.2, -0.15) is 0 Å². The summed E-state index contributed by atoms with van der Waals surface area (Å²) < 4.78 is 12.3. The van der Waals surface area contributed by atoms with Gasteiger partial charge in [-0.1, -0.05) is 27.4 Å². The van der Waals surface area contributed by atoms with Gasteiger partial charge in [0.2, 0.25) is 0 Å². The minimum Gasteiger partial charge on any atom is -0.512 e. The largest absolute Gasteiger partial charge is 0.512 e. The quantitative estimate of drug-likeness (QED) is 0.600. The van der Waals surface area contributed by atoms with Crippen LogP contribution < -0.4 is 0 Å². The van der Waals surface area contributed by atoms with Crippen LogP contribution in [0.5, 0.6) is 0 Å². The zero-order chi connectivity index (χ0) is 17.3. The molecule has 5 heteroatoms. The van der Waals surface area contributed by atoms with Gasteiger partial charge < -0.3 is 19.7 Å². The second-order valence-electron chi connectivity index (χ2n) is 8.23. The average Bonchev–Trinajstić information content (AvgIpc) is 2.79. The van der Waals surface area contributed by atoms with E-state index in [1.165, 1.54) is 0 Å². The van der Waals surface area contributed by atoms with E-state index in [0.717, 1.165) is 25.7 Å². The molecule has 2 fully saturated rings. The van der Waals surface area contributed by atoms with Gasteiger partial charge in [0.05, 0.1) is 25.0 Å². The lowest BCUT2D eigenvalue weighted by Crippen LogP contribution is -2.43. The summed E-state index contributed by atoms with van der Waals surface area (Å²) in [6.07, 6.45) is 3.40. The van der Waals surface area contributed by atoms with Crippen molar-refractivity contribution in [3.63, 3.8) is 0 Å². The third kappa shape index (κ3) is 4.92. The lowest BCUT2D eigenvalue weighted by molar-refractivity contribution is -0.199. The SMILES string of the molecule is C=C(O)CN(CC1COC2(CCC(C(C)(C)C)CC2)O1)C(C)O. The summed E-state index contributed by atoms with van der Waals surface area (Å²) in [7, 11) is 0. The van der Waals surface area contributed by atoms with Crippen molar-refractivity contribution in [3.8, 4) is 0 Å². The fourth-order valence-corrected chi connectivity index (χ4v) is 3.74. The van der Waals surface area contributed by atoms with Crippen molar-refractivity contribution in [1.82, 2.24) is 4.90 Å². The Morgan fingerprint density at radius 1 is 1.35 bits per heavy atom. The summed E-state index contributed by atoms with van der Waals surface area (Å²) in [5.74, 6) is 0.323. The van der Waals surface area contributed by atoms with E-state index in [1.807, 2.05) is 0 Å². The minimum absolute atomic E-state index is 0.0465. The fourth-order valence-electron chi connectivity index (χ4n) is 3.74. The fraction of sp³-hybridized carbons (Fsp3) is 0.889. The highest BCUT2D eigenvalue weighted by Gasteiger charge is 2.46. The van der Waals surface area contributed by atoms with Crippen molar-refractivity contribution in [2.45, 2.75) is 71.5 Å². The molecule has 1 heterocycles. The van der Waals surface area contributed by atoms with E-state index in [0.29, 0.717) is 24.5 Å². The van der Waals surface area contributed by atoms with Crippen LogP contribution in [-0.4, -0.2) is 52.9 Å². The van der Waals surface area contributed by atoms with Crippen LogP contribution in [0.3, 0.4) is 0 Å². The zero-order valence-electron chi connectivity index (χ0n) is 15.0. The van der Waals surface area contributed by atoms with Crippen LogP contribution in [0.15, 0.2) is 12.3 Å². The molecule has 2 aliphatic rings. The van der Waals surface area contributed by atoms with E-state index in [-0.39, 0.29) is 18.4 Å². The van der Waals surface area contributed by atoms with Crippen molar-refractivity contribution in [2.24, 2.45) is 11.3 Å². The molecule has 5 nitrogen and oxygen atoms in total. The monoisotopic (exact) mass is 327 g/mol. The number of hydrogen-bond acceptors (Lipinski definition) is 5. The van der Waals surface area contributed by atoms with Crippen LogP contribution in [0.4, 0.5) is 0 Å². The van der Waals surface area contributed by atoms with Crippen molar-refractivity contribution in [1.29, 1.82) is 0 Å². The summed E-state index contributed by atoms with van der Waals surface area (Å²) in [6, 6.07) is 0. The first-order valence-electron chi connectivity index (χ1n) is 8.72. The van der Waals surface area contributed by atoms with E-state index in [9.17, 15) is 10.2 Å². The Labute approximate surface area is 140 Å². The molecular weight excluding hydrogens is 294 g/mol. The highest BCUT2D eigenvalue weighted by molar-refractivity contribution is 4.90. The maximum atomic E-state index is 9.82. The normalized spacial score (nSPS) is 33.3. The van der Waals surface area contributed by atoms with Gasteiger partial charge in [-0.15, -0.1) is 0 Å². The lowest BCUT2D eigenvalue weighted by Gasteiger charge is -2.41. The van der Waals surface area contributed by atoms with Crippen LogP contribution in [-0.2, 0) is 9.47 Å². The van der Waals surface area contributed by atoms with Crippen LogP contribution in [0.25, 0.3) is 0 Å². The summed E-state index contributed by atoms with van der Waals surface area (Å²) >= 11 is 0. The zero-order valence-corrected chi connectivity index (χ0v) is 15.0. The number of nitrogens with zero attached hydrogens (tertiary/aromatic N) is 1. The molecule has 1 saturated carbocycles. The molecule has 2 rings (SSSR count). The minimum atomic E-state index is -0.657. The molecule has 2 N–H and O–H groups in total. The topological polar surface area (TPSA) is 62.2 Å². The van der Waals surface area contributed by atoms with E-state index in [1.54, 1.807) is 11.8 Å². The Hall–Kier alpha value is -0.620. The molecule has 1 saturated heterocycles. The summed E-state index contributed by atoms with van der Waals surface area (Å²) in [4.78, 5) is 1.75. The number of rotatable bonds is 5. The molecule has 1 spiro atoms. The molecule has 2 atom stereocenters. The molecule has 0 amide bonds. The Balaban J connectivity index is 1.87. The standard InChI is InChI=1S/C18H33NO4/c1-13(20)10-19(14(2)21)11-16-12-22-18(23-16)8-6-15(7-9-18)17(3,4)5/h14-16,20-21H,1,6-12H2,2-5H3. The van der Waals surface area contributed by atoms with E-state index in [4.69, 9.17) is 9.47 Å². The first-order chi connectivity index (χ1) is 10.6. The molecule has 134 valence electrons. The molecular formula is C18H33NO4. The van der Waals surface area contributed by atoms with Gasteiger partial charge in [-0.3, -0.25) is 4.90 Å². The molecule has 0 radical (unpaired) electrons. The van der Waals surface area contributed by atoms with Crippen LogP contribution in [0, 0.1) is 11.3 Å². The van der Waals surface area contributed by atoms with Crippen molar-refractivity contribution < 1.29 is 19.7 Å². The van der Waals surface area contributed by atoms with E-state index < -0.39 is 12.0 Å². The van der Waals surface area contributed by atoms with Crippen molar-refractivity contribution >= 4 is 0 Å². The van der Waals surface area contributed by atoms with E-state index >= 15 is 0 Å². The molecule has 23 heavy (non-hydrogen) atoms. The molecule has 2 unspecified atom stereocenters. The molecule has 1 aliphatic heterocycles. The van der Waals surface area contributed by atoms with Gasteiger partial charge in [0.25, 0.3) is 0 Å². The van der Waals surface area contributed by atoms with Gasteiger partial charge >= 0.3 is 0 Å². The predicted octanol–water partition coefficient (Wildman–Crippen LogP) is 3.05. The number of hydrogen-bond donors (Lipinski definition) is 2. The maximum Gasteiger partial charge on any atom is 0.168 e. The first kappa shape index (κ1) is 18.7. The van der Waals surface area contributed by atoms with Crippen LogP contribution in [0.1, 0.15) is 53.4 Å². The predicted molar refractivity (Wildman–Crippen MR) is 90.0 cm³/mol. The number of aliphatic hydroxyl groups excluding tert-OH is 2. The highest BCUT2D eigenvalue weighted by Crippen LogP contribution is 2.45. The van der Waals surface area contributed by atoms with Gasteiger partial charge in [0, 0.05) is 19.4 Å². The summed E-state index contributed by atoms with van der Waals surface area (Å²) in [6.45, 7) is 13.4. The number of aliphatic hydroxyl groups is 2. The Morgan fingerprint density at radius 2 is 1.96 bits per heavy atom. The number of ether oxygens (including phenoxy) is 2. The van der Waals surface area contributed by atoms with E-state index in [2.05, 4.69) is 27.4 Å². The van der Waals surface area contributed by atoms with Crippen LogP contribution in [0.2, 0.25) is 0 Å². The maximum absolute atomic E-state index is 9.82. The highest BCUT2D eigenvalue weighted by atomic mass is 16.7. The Bertz CT molecular complexity index is 408. The molecule has 0 aromatic carbocycles. The molecule has 0 aromatic heterocycles. The van der Waals surface area contributed by atoms with Gasteiger partial charge in [-0.05, 0) is 31.1 Å². The Kier molecular flexibility index (Phi) is 5.77. The summed E-state index contributed by atoms with van der Waals surface area (Å²) in [5.41, 5.74) is 0.338. The van der Waals surface area contributed by atoms with Crippen molar-refractivity contribution in [2.75, 3.05) is 19.7 Å². The first-order valence-corrected chi connectivity index (χ1v) is 8.72. The summed E-state index contributed by atoms with van der Waals surface area (Å²) in [5, 5.41) is 19.2. The smallest absolute Gasteiger partial charge is 0.168 e. The van der Waals surface area contributed by atoms with Gasteiger partial charge in [-0.25, -0.2) is 0 Å². The average molecular weight is 327 g/mol. The lowest BCUT2D eigenvalue weighted by atomic mass is 9.71. The second kappa shape index (κ2) is 7.09. The van der Waals surface area contributed by atoms with Crippen molar-refractivity contribution in [3.05, 3.63) is 12.3 Å².